The summed E-state index contributed by atoms with van der Waals surface area (Å²) in [6.07, 6.45) is 0. The summed E-state index contributed by atoms with van der Waals surface area (Å²) in [4.78, 5) is 0. The average Bonchev–Trinajstić information content (AvgIpc) is 2.21. The van der Waals surface area contributed by atoms with Crippen LogP contribution in [0, 0.1) is 0 Å². The topological polar surface area (TPSA) is 1130 Å². The average molecular weight is 1490 g/mol. The molecule has 40 nitrogen and oxygen atoms in total. The Morgan fingerprint density at radius 1 is 0.233 bits per heavy atom. The molecule has 0 rings (SSSR count). The Bertz CT molecular complexity index is 160. The fraction of sp³-hybridized carbons (Fsp3) is 1.00. The molecule has 0 amide bonds. The molecule has 0 saturated heterocycles. The molecule has 0 aromatic carbocycles. The minimum Gasteiger partial charge on any atom is -2.00 e. The van der Waals surface area contributed by atoms with Gasteiger partial charge in [0.05, 0.1) is 0 Å². The molecule has 0 atom stereocenters. The van der Waals surface area contributed by atoms with Crippen LogP contribution in [0.5, 0.6) is 0 Å². The summed E-state index contributed by atoms with van der Waals surface area (Å²) < 4.78 is 0. The Balaban J connectivity index is -0.000000000591. The molecule has 10 radical (unpaired) electrons. The molecule has 52 heteroatoms. The van der Waals surface area contributed by atoms with Crippen LogP contribution in [0.2, 0.25) is 0 Å². The van der Waals surface area contributed by atoms with Gasteiger partial charge in [0.1, 0.15) is 0 Å². The maximum absolute atomic E-state index is 5.17. The molecule has 0 unspecified atom stereocenters. The van der Waals surface area contributed by atoms with E-state index in [9.17, 15) is 0 Å². The van der Waals surface area contributed by atoms with Gasteiger partial charge in [0.25, 0.3) is 0 Å². The molecule has 0 spiro atoms. The second-order valence-electron chi connectivity index (χ2n) is 2.65. The van der Waals surface area contributed by atoms with Gasteiger partial charge in [0.2, 0.25) is 0 Å². The predicted molar refractivity (Wildman–Crippen MR) is 110 cm³/mol. The molecule has 28 N–H and O–H groups in total. The van der Waals surface area contributed by atoms with Gasteiger partial charge in [-0.25, -0.2) is 0 Å². The van der Waals surface area contributed by atoms with Crippen molar-refractivity contribution >= 4 is 0 Å². The van der Waals surface area contributed by atoms with Crippen LogP contribution < -0.4 is 45.9 Å². The van der Waals surface area contributed by atoms with E-state index < -0.39 is 0 Å². The van der Waals surface area contributed by atoms with Gasteiger partial charge in [-0.3, -0.25) is 0 Å². The third-order valence-corrected chi connectivity index (χ3v) is 1.28. The van der Waals surface area contributed by atoms with Crippen LogP contribution >= 0.6 is 0 Å². The van der Waals surface area contributed by atoms with E-state index in [0.29, 0.717) is 26.2 Å². The summed E-state index contributed by atoms with van der Waals surface area (Å²) >= 11 is 0. The number of nitrogens with two attached hydrogens (primary N) is 4. The minimum atomic E-state index is 0. The van der Waals surface area contributed by atoms with Crippen LogP contribution in [0.15, 0.2) is 0 Å². The van der Waals surface area contributed by atoms with Crippen molar-refractivity contribution in [3.05, 3.63) is 0 Å². The third-order valence-electron chi connectivity index (χ3n) is 1.28. The number of nitrogens with one attached hydrogen (secondary N) is 2. The van der Waals surface area contributed by atoms with Crippen molar-refractivity contribution in [1.82, 2.24) is 22.9 Å². The van der Waals surface area contributed by atoms with Crippen LogP contribution in [0.4, 0.5) is 0 Å². The van der Waals surface area contributed by atoms with Gasteiger partial charge < -0.3 is 221 Å². The van der Waals surface area contributed by atoms with Gasteiger partial charge in [0, 0.05) is 205 Å². The Morgan fingerprint density at radius 3 is 0.317 bits per heavy atom. The van der Waals surface area contributed by atoms with Crippen LogP contribution in [0.25, 0.3) is 0 Å². The molecule has 60 heavy (non-hydrogen) atoms. The fourth-order valence-electron chi connectivity index (χ4n) is 0.658. The van der Waals surface area contributed by atoms with Gasteiger partial charge in [0.15, 0.2) is 0 Å². The second kappa shape index (κ2) is 1080. The Morgan fingerprint density at radius 2 is 0.283 bits per heavy atom. The third kappa shape index (κ3) is 1350. The van der Waals surface area contributed by atoms with Gasteiger partial charge in [-0.15, -0.1) is 0 Å². The van der Waals surface area contributed by atoms with Crippen LogP contribution in [0.1, 0.15) is 0 Å². The van der Waals surface area contributed by atoms with Crippen molar-refractivity contribution in [2.75, 3.05) is 52.4 Å². The molecule has 0 aromatic heterocycles. The fourth-order valence-corrected chi connectivity index (χ4v) is 0.658. The van der Waals surface area contributed by atoms with Crippen LogP contribution in [-0.2, 0) is 391 Å². The van der Waals surface area contributed by atoms with Gasteiger partial charge in [-0.2, -0.15) is 0 Å². The van der Waals surface area contributed by atoms with E-state index in [1.165, 1.54) is 0 Å². The first kappa shape index (κ1) is 886. The zero-order valence-corrected chi connectivity index (χ0v) is 46.7. The second-order valence-corrected chi connectivity index (χ2v) is 2.65. The summed E-state index contributed by atoms with van der Waals surface area (Å²) in [5.74, 6) is 0. The van der Waals surface area contributed by atoms with Crippen molar-refractivity contribution < 1.29 is 402 Å². The molecule has 0 bridgehead atoms. The number of hydrogen-bond acceptors (Lipinski definition) is 6. The van der Waals surface area contributed by atoms with Crippen molar-refractivity contribution in [3.8, 4) is 0 Å². The monoisotopic (exact) mass is 1490 g/mol. The summed E-state index contributed by atoms with van der Waals surface area (Å²) in [5.41, 5.74) is 20.7. The SMILES string of the molecule is NCCNCCN.NCCNCCN.O.O.[NH4+].[NH4+].[O-2].[O-2].[O-2].[O-2].[O-2].[O-2].[O-2].[O-2].[O-2].[O-2].[O-2].[O-2].[O-2].[O-2].[O-2].[O-2].[O-2].[O-2].[O-2].[O-2].[O-2].[O-2].[O-2].[O-2].[O-2].[O-2].[O-2].[O-2].[OH3+].[OH3+].[Pd].[Pd].[V+4].[V+4].[V+4].[V+4].[V].[V].[V].[V].[V].[V]. The van der Waals surface area contributed by atoms with Crippen molar-refractivity contribution in [3.63, 3.8) is 0 Å². The molecule has 414 valence electrons. The summed E-state index contributed by atoms with van der Waals surface area (Å²) in [6.45, 7) is 6.27. The van der Waals surface area contributed by atoms with E-state index in [1.807, 2.05) is 0 Å². The molecular weight excluding hydrogens is 1440 g/mol. The van der Waals surface area contributed by atoms with E-state index in [1.54, 1.807) is 0 Å². The van der Waals surface area contributed by atoms with Crippen LogP contribution in [-0.4, -0.2) is 63.3 Å². The standard InChI is InChI=1S/2C4H13N3.2H3N.4H2O.28O.2Pd.10V/c2*5-1-3-7-4-2-6;;;;;;;;;;;;;;;;;;;;;;;;;;;;;;;;;;;;;;;;;;;;;;/h2*7H,1-6H2;2*1H3;4*1H2;;;;;;;;;;;;;;;;;;;;;;;;;;;;;;;;;;;;;;;;/q;;;;;;;;28*-2;;;;;;;;;4*+4/p+4. The van der Waals surface area contributed by atoms with E-state index in [0.717, 1.165) is 26.2 Å². The largest absolute Gasteiger partial charge is 4.00 e. The Kier molecular flexibility index (Phi) is 15900. The molecule has 0 aromatic rings. The molecule has 0 fully saturated rings. The minimum absolute atomic E-state index is 0. The quantitative estimate of drug-likeness (QED) is 0.0663. The summed E-state index contributed by atoms with van der Waals surface area (Å²) in [5, 5.41) is 6.07. The number of quaternary nitrogens is 2. The maximum Gasteiger partial charge on any atom is 4.00 e. The van der Waals surface area contributed by atoms with E-state index in [2.05, 4.69) is 10.6 Å². The van der Waals surface area contributed by atoms with Crippen molar-refractivity contribution in [2.24, 2.45) is 22.9 Å². The predicted octanol–water partition coefficient (Wildman–Crippen LogP) is -9.11. The first-order chi connectivity index (χ1) is 6.83. The van der Waals surface area contributed by atoms with E-state index in [4.69, 9.17) is 22.9 Å². The smallest absolute Gasteiger partial charge is 2.00 e. The first-order valence-corrected chi connectivity index (χ1v) is 5.05. The van der Waals surface area contributed by atoms with E-state index >= 15 is 0 Å². The first-order valence-electron chi connectivity index (χ1n) is 5.05. The normalized spacial score (nSPS) is 2.20. The van der Waals surface area contributed by atoms with Gasteiger partial charge in [-0.1, -0.05) is 0 Å². The van der Waals surface area contributed by atoms with E-state index in [-0.39, 0.29) is 414 Å². The molecule has 0 saturated carbocycles. The molecular formula is C8H44N8O32Pd2V10-36. The number of hydrogen-bond donors (Lipinski definition) is 8. The van der Waals surface area contributed by atoms with Gasteiger partial charge in [-0.05, 0) is 0 Å². The van der Waals surface area contributed by atoms with Gasteiger partial charge >= 0.3 is 74.2 Å². The molecule has 0 aliphatic carbocycles. The molecule has 0 heterocycles. The zero-order valence-electron chi connectivity index (χ0n) is 29.7. The zero-order chi connectivity index (χ0) is 11.1. The van der Waals surface area contributed by atoms with Crippen molar-refractivity contribution in [2.45, 2.75) is 0 Å². The molecule has 0 aliphatic rings. The van der Waals surface area contributed by atoms with Crippen LogP contribution in [0.3, 0.4) is 0 Å². The summed E-state index contributed by atoms with van der Waals surface area (Å²) in [7, 11) is 0. The Hall–Kier alpha value is 5.57. The Labute approximate surface area is 494 Å². The summed E-state index contributed by atoms with van der Waals surface area (Å²) in [6, 6.07) is 0. The maximum atomic E-state index is 5.17. The number of rotatable bonds is 8. The van der Waals surface area contributed by atoms with Crippen molar-refractivity contribution in [1.29, 1.82) is 0 Å². The molecule has 0 aliphatic heterocycles.